The molecule has 0 radical (unpaired) electrons. The molecule has 0 rings (SSSR count). The molecule has 0 amide bonds. The monoisotopic (exact) mass is 705 g/mol. The van der Waals surface area contributed by atoms with E-state index in [2.05, 4.69) is 19.2 Å². The topological polar surface area (TPSA) is 79.9 Å². The van der Waals surface area contributed by atoms with Gasteiger partial charge in [0, 0.05) is 13.2 Å². The second-order valence-corrected chi connectivity index (χ2v) is 16.9. The number of phosphoric ester groups is 1. The number of likely N-dealkylation sites (N-methyl/N-ethyl adjacent to an activating group) is 1. The van der Waals surface area contributed by atoms with Crippen LogP contribution in [0.25, 0.3) is 0 Å². The third-order valence-corrected chi connectivity index (χ3v) is 10.4. The lowest BCUT2D eigenvalue weighted by atomic mass is 10.0. The van der Waals surface area contributed by atoms with E-state index < -0.39 is 13.9 Å². The van der Waals surface area contributed by atoms with Crippen molar-refractivity contribution in [3.63, 3.8) is 0 Å². The number of quaternary nitrogens is 1. The third kappa shape index (κ3) is 38.8. The van der Waals surface area contributed by atoms with Crippen LogP contribution >= 0.6 is 7.82 Å². The molecular weight excluding hydrogens is 619 g/mol. The SMILES string of the molecule is CCCCCCCCCCCCCCCCCCNCC(COCCCCCCCCCCCCCC)OP(=O)([O-])OCC[N+](C)(C)C. The van der Waals surface area contributed by atoms with Gasteiger partial charge in [-0.3, -0.25) is 4.57 Å². The van der Waals surface area contributed by atoms with Crippen LogP contribution in [0.15, 0.2) is 0 Å². The number of unbranched alkanes of at least 4 members (excludes halogenated alkanes) is 26. The molecule has 1 N–H and O–H groups in total. The molecule has 0 heterocycles. The largest absolute Gasteiger partial charge is 0.756 e. The first kappa shape index (κ1) is 48.0. The minimum atomic E-state index is -4.40. The van der Waals surface area contributed by atoms with Gasteiger partial charge in [-0.1, -0.05) is 181 Å². The van der Waals surface area contributed by atoms with Gasteiger partial charge < -0.3 is 28.5 Å². The third-order valence-electron chi connectivity index (χ3n) is 9.31. The maximum atomic E-state index is 12.6. The molecule has 0 saturated carbocycles. The van der Waals surface area contributed by atoms with Crippen LogP contribution in [0, 0.1) is 0 Å². The standard InChI is InChI=1S/C40H85N2O5P/c1-6-8-10-12-14-16-18-20-21-22-23-24-26-28-30-32-34-41-38-40(47-48(43,44)46-37-35-42(3,4)5)39-45-36-33-31-29-27-25-19-17-15-13-11-9-7-2/h40-41H,6-39H2,1-5H3. The summed E-state index contributed by atoms with van der Waals surface area (Å²) in [6.45, 7) is 7.47. The highest BCUT2D eigenvalue weighted by Gasteiger charge is 2.20. The molecule has 0 spiro atoms. The maximum absolute atomic E-state index is 12.6. The molecule has 0 aromatic heterocycles. The number of hydrogen-bond donors (Lipinski definition) is 1. The van der Waals surface area contributed by atoms with Gasteiger partial charge >= 0.3 is 0 Å². The number of hydrogen-bond acceptors (Lipinski definition) is 6. The second-order valence-electron chi connectivity index (χ2n) is 15.5. The summed E-state index contributed by atoms with van der Waals surface area (Å²) in [6, 6.07) is 0. The van der Waals surface area contributed by atoms with E-state index in [9.17, 15) is 9.46 Å². The molecule has 0 aromatic rings. The molecule has 0 aliphatic carbocycles. The molecule has 0 aliphatic heterocycles. The van der Waals surface area contributed by atoms with Crippen molar-refractivity contribution in [2.75, 3.05) is 60.6 Å². The number of nitrogens with one attached hydrogen (secondary N) is 1. The lowest BCUT2D eigenvalue weighted by Gasteiger charge is -2.30. The minimum absolute atomic E-state index is 0.114. The van der Waals surface area contributed by atoms with Crippen LogP contribution < -0.4 is 10.2 Å². The van der Waals surface area contributed by atoms with Gasteiger partial charge in [0.25, 0.3) is 7.82 Å². The molecule has 2 unspecified atom stereocenters. The van der Waals surface area contributed by atoms with Gasteiger partial charge in [0.15, 0.2) is 0 Å². The fraction of sp³-hybridized carbons (Fsp3) is 1.00. The molecule has 2 atom stereocenters. The van der Waals surface area contributed by atoms with Crippen LogP contribution in [0.4, 0.5) is 0 Å². The zero-order valence-electron chi connectivity index (χ0n) is 33.1. The zero-order chi connectivity index (χ0) is 35.4. The Labute approximate surface area is 300 Å². The normalized spacial score (nSPS) is 14.0. The lowest BCUT2D eigenvalue weighted by Crippen LogP contribution is -2.38. The summed E-state index contributed by atoms with van der Waals surface area (Å²) in [6.07, 6.45) is 36.8. The average Bonchev–Trinajstić information content (AvgIpc) is 3.03. The summed E-state index contributed by atoms with van der Waals surface area (Å²) < 4.78 is 29.7. The predicted octanol–water partition coefficient (Wildman–Crippen LogP) is 11.1. The van der Waals surface area contributed by atoms with Gasteiger partial charge in [-0.15, -0.1) is 0 Å². The number of nitrogens with zero attached hydrogens (tertiary/aromatic N) is 1. The lowest BCUT2D eigenvalue weighted by molar-refractivity contribution is -0.870. The Morgan fingerprint density at radius 3 is 1.33 bits per heavy atom. The summed E-state index contributed by atoms with van der Waals surface area (Å²) in [7, 11) is 1.63. The Hall–Kier alpha value is -0.0100. The molecule has 0 aromatic carbocycles. The van der Waals surface area contributed by atoms with Crippen molar-refractivity contribution in [3.05, 3.63) is 0 Å². The van der Waals surface area contributed by atoms with Crippen molar-refractivity contribution in [2.24, 2.45) is 0 Å². The number of ether oxygens (including phenoxy) is 1. The van der Waals surface area contributed by atoms with Crippen molar-refractivity contribution in [3.8, 4) is 0 Å². The molecule has 8 heteroatoms. The van der Waals surface area contributed by atoms with Crippen molar-refractivity contribution < 1.29 is 27.7 Å². The van der Waals surface area contributed by atoms with Crippen molar-refractivity contribution in [2.45, 2.75) is 200 Å². The van der Waals surface area contributed by atoms with E-state index in [4.69, 9.17) is 13.8 Å². The fourth-order valence-electron chi connectivity index (χ4n) is 6.09. The van der Waals surface area contributed by atoms with Gasteiger partial charge in [0.2, 0.25) is 0 Å². The first-order valence-electron chi connectivity index (χ1n) is 20.9. The summed E-state index contributed by atoms with van der Waals surface area (Å²) in [5.41, 5.74) is 0. The van der Waals surface area contributed by atoms with Crippen LogP contribution in [-0.4, -0.2) is 71.2 Å². The van der Waals surface area contributed by atoms with Crippen molar-refractivity contribution >= 4 is 7.82 Å². The van der Waals surface area contributed by atoms with Crippen LogP contribution in [0.5, 0.6) is 0 Å². The molecule has 0 fully saturated rings. The first-order valence-corrected chi connectivity index (χ1v) is 22.4. The van der Waals surface area contributed by atoms with Gasteiger partial charge in [-0.25, -0.2) is 0 Å². The number of phosphoric acid groups is 1. The van der Waals surface area contributed by atoms with Crippen LogP contribution in [0.3, 0.4) is 0 Å². The van der Waals surface area contributed by atoms with Gasteiger partial charge in [0.1, 0.15) is 19.3 Å². The molecular formula is C40H85N2O5P. The molecule has 7 nitrogen and oxygen atoms in total. The van der Waals surface area contributed by atoms with E-state index in [0.29, 0.717) is 24.2 Å². The van der Waals surface area contributed by atoms with Gasteiger partial charge in [-0.2, -0.15) is 0 Å². The molecule has 48 heavy (non-hydrogen) atoms. The van der Waals surface area contributed by atoms with Crippen LogP contribution in [0.1, 0.15) is 194 Å². The first-order chi connectivity index (χ1) is 23.2. The van der Waals surface area contributed by atoms with Crippen molar-refractivity contribution in [1.29, 1.82) is 0 Å². The second kappa shape index (κ2) is 35.4. The molecule has 0 saturated heterocycles. The fourth-order valence-corrected chi connectivity index (χ4v) is 6.95. The highest BCUT2D eigenvalue weighted by molar-refractivity contribution is 7.45. The van der Waals surface area contributed by atoms with E-state index in [1.807, 2.05) is 21.1 Å². The zero-order valence-corrected chi connectivity index (χ0v) is 33.9. The number of rotatable bonds is 40. The van der Waals surface area contributed by atoms with E-state index in [1.165, 1.54) is 161 Å². The Kier molecular flexibility index (Phi) is 35.4. The molecule has 0 aliphatic rings. The predicted molar refractivity (Wildman–Crippen MR) is 206 cm³/mol. The van der Waals surface area contributed by atoms with Crippen LogP contribution in [-0.2, 0) is 18.3 Å². The van der Waals surface area contributed by atoms with E-state index in [0.717, 1.165) is 25.8 Å². The highest BCUT2D eigenvalue weighted by Crippen LogP contribution is 2.39. The quantitative estimate of drug-likeness (QED) is 0.0388. The van der Waals surface area contributed by atoms with Crippen molar-refractivity contribution in [1.82, 2.24) is 5.32 Å². The molecule has 290 valence electrons. The van der Waals surface area contributed by atoms with E-state index in [1.54, 1.807) is 0 Å². The Bertz CT molecular complexity index is 691. The summed E-state index contributed by atoms with van der Waals surface area (Å²) in [5.74, 6) is 0. The Balaban J connectivity index is 4.03. The smallest absolute Gasteiger partial charge is 0.268 e. The van der Waals surface area contributed by atoms with Gasteiger partial charge in [-0.05, 0) is 19.4 Å². The summed E-state index contributed by atoms with van der Waals surface area (Å²) >= 11 is 0. The highest BCUT2D eigenvalue weighted by atomic mass is 31.2. The van der Waals surface area contributed by atoms with Crippen LogP contribution in [0.2, 0.25) is 0 Å². The average molecular weight is 705 g/mol. The van der Waals surface area contributed by atoms with E-state index in [-0.39, 0.29) is 13.2 Å². The Morgan fingerprint density at radius 1 is 0.562 bits per heavy atom. The summed E-state index contributed by atoms with van der Waals surface area (Å²) in [4.78, 5) is 12.6. The maximum Gasteiger partial charge on any atom is 0.268 e. The summed E-state index contributed by atoms with van der Waals surface area (Å²) in [5, 5.41) is 3.41. The Morgan fingerprint density at radius 2 is 0.938 bits per heavy atom. The molecule has 0 bridgehead atoms. The van der Waals surface area contributed by atoms with E-state index >= 15 is 0 Å². The minimum Gasteiger partial charge on any atom is -0.756 e. The van der Waals surface area contributed by atoms with Gasteiger partial charge in [0.05, 0.1) is 27.7 Å².